The summed E-state index contributed by atoms with van der Waals surface area (Å²) in [6.45, 7) is 4.35. The molecule has 6 nitrogen and oxygen atoms in total. The SMILES string of the molecule is Cn1cc(CN2CCCN(C(=O)Cc3c[nH]c4ccc(Cl)cc34)CC2)cn1. The van der Waals surface area contributed by atoms with E-state index in [1.807, 2.05) is 47.2 Å². The van der Waals surface area contributed by atoms with Crippen LogP contribution in [0.1, 0.15) is 17.5 Å². The van der Waals surface area contributed by atoms with Gasteiger partial charge in [0.05, 0.1) is 12.6 Å². The van der Waals surface area contributed by atoms with E-state index in [9.17, 15) is 4.79 Å². The molecule has 1 fully saturated rings. The number of carbonyl (C=O) groups excluding carboxylic acids is 1. The Hall–Kier alpha value is -2.31. The first-order valence-electron chi connectivity index (χ1n) is 9.31. The minimum Gasteiger partial charge on any atom is -0.361 e. The third-order valence-corrected chi connectivity index (χ3v) is 5.41. The summed E-state index contributed by atoms with van der Waals surface area (Å²) >= 11 is 6.12. The monoisotopic (exact) mass is 385 g/mol. The molecule has 2 aromatic heterocycles. The second kappa shape index (κ2) is 7.74. The Bertz CT molecular complexity index is 947. The number of hydrogen-bond acceptors (Lipinski definition) is 3. The minimum absolute atomic E-state index is 0.180. The molecular weight excluding hydrogens is 362 g/mol. The number of carbonyl (C=O) groups is 1. The van der Waals surface area contributed by atoms with Crippen LogP contribution in [-0.2, 0) is 24.8 Å². The number of halogens is 1. The molecule has 1 amide bonds. The van der Waals surface area contributed by atoms with Crippen molar-refractivity contribution in [2.45, 2.75) is 19.4 Å². The number of hydrogen-bond donors (Lipinski definition) is 1. The van der Waals surface area contributed by atoms with Gasteiger partial charge in [0.1, 0.15) is 0 Å². The molecule has 3 aromatic rings. The standard InChI is InChI=1S/C20H24ClN5O/c1-24-13-15(11-23-24)14-25-5-2-6-26(8-7-25)20(27)9-16-12-22-19-4-3-17(21)10-18(16)19/h3-4,10-13,22H,2,5-9,14H2,1H3. The van der Waals surface area contributed by atoms with Crippen LogP contribution in [0.15, 0.2) is 36.8 Å². The number of nitrogens with zero attached hydrogens (tertiary/aromatic N) is 4. The van der Waals surface area contributed by atoms with Gasteiger partial charge in [0.2, 0.25) is 5.91 Å². The highest BCUT2D eigenvalue weighted by molar-refractivity contribution is 6.31. The van der Waals surface area contributed by atoms with E-state index in [-0.39, 0.29) is 5.91 Å². The van der Waals surface area contributed by atoms with Crippen molar-refractivity contribution >= 4 is 28.4 Å². The third kappa shape index (κ3) is 4.17. The molecule has 0 unspecified atom stereocenters. The molecule has 7 heteroatoms. The van der Waals surface area contributed by atoms with Gasteiger partial charge in [-0.15, -0.1) is 0 Å². The second-order valence-corrected chi connectivity index (χ2v) is 7.65. The van der Waals surface area contributed by atoms with E-state index in [0.29, 0.717) is 11.4 Å². The number of benzene rings is 1. The maximum absolute atomic E-state index is 12.9. The van der Waals surface area contributed by atoms with Gasteiger partial charge < -0.3 is 9.88 Å². The second-order valence-electron chi connectivity index (χ2n) is 7.21. The molecule has 0 atom stereocenters. The molecule has 0 spiro atoms. The van der Waals surface area contributed by atoms with Crippen molar-refractivity contribution < 1.29 is 4.79 Å². The molecule has 4 rings (SSSR count). The van der Waals surface area contributed by atoms with E-state index in [0.717, 1.165) is 55.6 Å². The summed E-state index contributed by atoms with van der Waals surface area (Å²) in [5, 5.41) is 5.96. The lowest BCUT2D eigenvalue weighted by molar-refractivity contribution is -0.130. The van der Waals surface area contributed by atoms with E-state index in [1.165, 1.54) is 5.56 Å². The first kappa shape index (κ1) is 18.1. The van der Waals surface area contributed by atoms with Crippen LogP contribution in [-0.4, -0.2) is 56.7 Å². The number of nitrogens with one attached hydrogen (secondary N) is 1. The number of aryl methyl sites for hydroxylation is 1. The molecule has 0 saturated carbocycles. The van der Waals surface area contributed by atoms with Crippen molar-refractivity contribution in [3.63, 3.8) is 0 Å². The number of rotatable bonds is 4. The predicted molar refractivity (Wildman–Crippen MR) is 107 cm³/mol. The average molecular weight is 386 g/mol. The van der Waals surface area contributed by atoms with Crippen LogP contribution in [0.2, 0.25) is 5.02 Å². The van der Waals surface area contributed by atoms with Gasteiger partial charge in [-0.25, -0.2) is 0 Å². The van der Waals surface area contributed by atoms with Gasteiger partial charge in [0, 0.05) is 73.7 Å². The first-order valence-corrected chi connectivity index (χ1v) is 9.69. The van der Waals surface area contributed by atoms with Crippen LogP contribution in [0.25, 0.3) is 10.9 Å². The number of amides is 1. The maximum Gasteiger partial charge on any atom is 0.227 e. The molecule has 1 aromatic carbocycles. The number of aromatic nitrogens is 3. The summed E-state index contributed by atoms with van der Waals surface area (Å²) in [5.41, 5.74) is 3.24. The Morgan fingerprint density at radius 1 is 1.26 bits per heavy atom. The Balaban J connectivity index is 1.38. The molecule has 1 saturated heterocycles. The minimum atomic E-state index is 0.180. The predicted octanol–water partition coefficient (Wildman–Crippen LogP) is 2.83. The van der Waals surface area contributed by atoms with Gasteiger partial charge in [0.25, 0.3) is 0 Å². The van der Waals surface area contributed by atoms with Crippen molar-refractivity contribution in [1.82, 2.24) is 24.6 Å². The van der Waals surface area contributed by atoms with E-state index >= 15 is 0 Å². The fourth-order valence-corrected chi connectivity index (χ4v) is 3.93. The fraction of sp³-hybridized carbons (Fsp3) is 0.400. The van der Waals surface area contributed by atoms with Crippen LogP contribution in [0.3, 0.4) is 0 Å². The van der Waals surface area contributed by atoms with E-state index in [1.54, 1.807) is 0 Å². The molecular formula is C20H24ClN5O. The Morgan fingerprint density at radius 3 is 2.96 bits per heavy atom. The van der Waals surface area contributed by atoms with Crippen molar-refractivity contribution in [2.24, 2.45) is 7.05 Å². The van der Waals surface area contributed by atoms with Gasteiger partial charge in [-0.2, -0.15) is 5.10 Å². The lowest BCUT2D eigenvalue weighted by atomic mass is 10.1. The maximum atomic E-state index is 12.9. The normalized spacial score (nSPS) is 16.0. The van der Waals surface area contributed by atoms with Crippen LogP contribution in [0.4, 0.5) is 0 Å². The Morgan fingerprint density at radius 2 is 2.15 bits per heavy atom. The lowest BCUT2D eigenvalue weighted by Gasteiger charge is -2.21. The van der Waals surface area contributed by atoms with Crippen LogP contribution in [0, 0.1) is 0 Å². The summed E-state index contributed by atoms with van der Waals surface area (Å²) in [4.78, 5) is 20.5. The molecule has 0 aliphatic carbocycles. The smallest absolute Gasteiger partial charge is 0.227 e. The molecule has 142 valence electrons. The van der Waals surface area contributed by atoms with Gasteiger partial charge in [-0.05, 0) is 30.2 Å². The van der Waals surface area contributed by atoms with E-state index in [4.69, 9.17) is 11.6 Å². The molecule has 3 heterocycles. The summed E-state index contributed by atoms with van der Waals surface area (Å²) in [6.07, 6.45) is 7.28. The molecule has 0 bridgehead atoms. The first-order chi connectivity index (χ1) is 13.1. The van der Waals surface area contributed by atoms with Crippen molar-refractivity contribution in [2.75, 3.05) is 26.2 Å². The van der Waals surface area contributed by atoms with Crippen LogP contribution >= 0.6 is 11.6 Å². The highest BCUT2D eigenvalue weighted by atomic mass is 35.5. The van der Waals surface area contributed by atoms with Crippen molar-refractivity contribution in [3.05, 3.63) is 52.9 Å². The highest BCUT2D eigenvalue weighted by Crippen LogP contribution is 2.23. The molecule has 1 N–H and O–H groups in total. The zero-order valence-corrected chi connectivity index (χ0v) is 16.2. The van der Waals surface area contributed by atoms with Crippen molar-refractivity contribution in [1.29, 1.82) is 0 Å². The summed E-state index contributed by atoms with van der Waals surface area (Å²) in [7, 11) is 1.93. The number of H-pyrrole nitrogens is 1. The summed E-state index contributed by atoms with van der Waals surface area (Å²) in [6, 6.07) is 5.74. The molecule has 1 aliphatic heterocycles. The fourth-order valence-electron chi connectivity index (χ4n) is 3.76. The largest absolute Gasteiger partial charge is 0.361 e. The summed E-state index contributed by atoms with van der Waals surface area (Å²) < 4.78 is 1.83. The quantitative estimate of drug-likeness (QED) is 0.751. The zero-order valence-electron chi connectivity index (χ0n) is 15.5. The van der Waals surface area contributed by atoms with Gasteiger partial charge in [-0.3, -0.25) is 14.4 Å². The van der Waals surface area contributed by atoms with Crippen LogP contribution < -0.4 is 0 Å². The molecule has 27 heavy (non-hydrogen) atoms. The number of fused-ring (bicyclic) bond motifs is 1. The van der Waals surface area contributed by atoms with Crippen molar-refractivity contribution in [3.8, 4) is 0 Å². The van der Waals surface area contributed by atoms with Gasteiger partial charge in [-0.1, -0.05) is 11.6 Å². The van der Waals surface area contributed by atoms with Gasteiger partial charge >= 0.3 is 0 Å². The Kier molecular flexibility index (Phi) is 5.18. The third-order valence-electron chi connectivity index (χ3n) is 5.18. The Labute approximate surface area is 163 Å². The van der Waals surface area contributed by atoms with E-state index < -0.39 is 0 Å². The lowest BCUT2D eigenvalue weighted by Crippen LogP contribution is -2.36. The zero-order chi connectivity index (χ0) is 18.8. The topological polar surface area (TPSA) is 57.2 Å². The molecule has 1 aliphatic rings. The highest BCUT2D eigenvalue weighted by Gasteiger charge is 2.20. The number of aromatic amines is 1. The molecule has 0 radical (unpaired) electrons. The van der Waals surface area contributed by atoms with Crippen LogP contribution in [0.5, 0.6) is 0 Å². The van der Waals surface area contributed by atoms with Gasteiger partial charge in [0.15, 0.2) is 0 Å². The average Bonchev–Trinajstić information content (AvgIpc) is 3.14. The van der Waals surface area contributed by atoms with E-state index in [2.05, 4.69) is 21.2 Å². The summed E-state index contributed by atoms with van der Waals surface area (Å²) in [5.74, 6) is 0.180.